The van der Waals surface area contributed by atoms with Crippen LogP contribution in [-0.4, -0.2) is 19.8 Å². The molecule has 1 aliphatic carbocycles. The van der Waals surface area contributed by atoms with Crippen LogP contribution >= 0.6 is 0 Å². The number of benzene rings is 1. The third-order valence-electron chi connectivity index (χ3n) is 3.90. The Morgan fingerprint density at radius 3 is 2.35 bits per heavy atom. The molecule has 1 aliphatic rings. The maximum atomic E-state index is 5.71. The van der Waals surface area contributed by atoms with E-state index in [1.54, 1.807) is 0 Å². The van der Waals surface area contributed by atoms with Crippen LogP contribution in [0.3, 0.4) is 0 Å². The highest BCUT2D eigenvalue weighted by atomic mass is 16.5. The maximum absolute atomic E-state index is 5.71. The number of ether oxygens (including phenoxy) is 2. The molecule has 0 spiro atoms. The maximum Gasteiger partial charge on any atom is 0.119 e. The first kappa shape index (κ1) is 15.4. The van der Waals surface area contributed by atoms with E-state index in [-0.39, 0.29) is 0 Å². The van der Waals surface area contributed by atoms with Crippen molar-refractivity contribution < 1.29 is 9.47 Å². The summed E-state index contributed by atoms with van der Waals surface area (Å²) in [5, 5.41) is 0. The summed E-state index contributed by atoms with van der Waals surface area (Å²) < 4.78 is 11.2. The van der Waals surface area contributed by atoms with Crippen molar-refractivity contribution in [3.05, 3.63) is 29.8 Å². The van der Waals surface area contributed by atoms with Gasteiger partial charge in [0, 0.05) is 6.61 Å². The fraction of sp³-hybridized carbons (Fsp3) is 0.667. The Bertz CT molecular complexity index is 364. The number of hydrogen-bond acceptors (Lipinski definition) is 2. The lowest BCUT2D eigenvalue weighted by Crippen LogP contribution is -2.10. The minimum absolute atomic E-state index is 0.588. The summed E-state index contributed by atoms with van der Waals surface area (Å²) in [6, 6.07) is 8.68. The summed E-state index contributed by atoms with van der Waals surface area (Å²) in [4.78, 5) is 0. The lowest BCUT2D eigenvalue weighted by molar-refractivity contribution is 0.0819. The first-order chi connectivity index (χ1) is 9.75. The molecule has 0 unspecified atom stereocenters. The fourth-order valence-electron chi connectivity index (χ4n) is 2.81. The Hall–Kier alpha value is -1.02. The zero-order valence-electron chi connectivity index (χ0n) is 12.9. The second-order valence-electron chi connectivity index (χ2n) is 6.22. The Morgan fingerprint density at radius 1 is 1.00 bits per heavy atom. The highest BCUT2D eigenvalue weighted by molar-refractivity contribution is 5.29. The second-order valence-corrected chi connectivity index (χ2v) is 6.22. The molecule has 0 aromatic heterocycles. The predicted octanol–water partition coefficient (Wildman–Crippen LogP) is 4.79. The average Bonchev–Trinajstić information content (AvgIpc) is 2.48. The van der Waals surface area contributed by atoms with Crippen molar-refractivity contribution >= 4 is 0 Å². The van der Waals surface area contributed by atoms with Crippen molar-refractivity contribution in [2.24, 2.45) is 5.92 Å². The molecule has 2 rings (SSSR count). The molecular weight excluding hydrogens is 248 g/mol. The Balaban J connectivity index is 1.71. The highest BCUT2D eigenvalue weighted by Crippen LogP contribution is 2.33. The Kier molecular flexibility index (Phi) is 6.38. The van der Waals surface area contributed by atoms with E-state index >= 15 is 0 Å². The minimum atomic E-state index is 0.588. The molecule has 0 bridgehead atoms. The van der Waals surface area contributed by atoms with Gasteiger partial charge in [-0.15, -0.1) is 0 Å². The normalized spacial score (nSPS) is 16.6. The van der Waals surface area contributed by atoms with Gasteiger partial charge in [-0.25, -0.2) is 0 Å². The summed E-state index contributed by atoms with van der Waals surface area (Å²) in [7, 11) is 0. The topological polar surface area (TPSA) is 18.5 Å². The minimum Gasteiger partial charge on any atom is -0.491 e. The summed E-state index contributed by atoms with van der Waals surface area (Å²) in [5.74, 6) is 2.31. The van der Waals surface area contributed by atoms with Crippen LogP contribution in [0.1, 0.15) is 57.4 Å². The van der Waals surface area contributed by atoms with E-state index < -0.39 is 0 Å². The number of rotatable bonds is 7. The van der Waals surface area contributed by atoms with Gasteiger partial charge in [-0.05, 0) is 42.4 Å². The Morgan fingerprint density at radius 2 is 1.70 bits per heavy atom. The van der Waals surface area contributed by atoms with Crippen LogP contribution in [0.15, 0.2) is 24.3 Å². The van der Waals surface area contributed by atoms with Crippen LogP contribution in [0.2, 0.25) is 0 Å². The highest BCUT2D eigenvalue weighted by Gasteiger charge is 2.15. The fourth-order valence-corrected chi connectivity index (χ4v) is 2.81. The lowest BCUT2D eigenvalue weighted by atomic mass is 9.84. The van der Waals surface area contributed by atoms with Crippen molar-refractivity contribution in [2.75, 3.05) is 19.8 Å². The van der Waals surface area contributed by atoms with Gasteiger partial charge in [0.25, 0.3) is 0 Å². The van der Waals surface area contributed by atoms with Crippen molar-refractivity contribution in [3.8, 4) is 5.75 Å². The molecule has 0 N–H and O–H groups in total. The quantitative estimate of drug-likeness (QED) is 0.667. The molecule has 2 nitrogen and oxygen atoms in total. The van der Waals surface area contributed by atoms with E-state index in [2.05, 4.69) is 38.1 Å². The average molecular weight is 276 g/mol. The molecule has 0 aliphatic heterocycles. The van der Waals surface area contributed by atoms with E-state index in [1.165, 1.54) is 37.7 Å². The van der Waals surface area contributed by atoms with Crippen molar-refractivity contribution in [1.82, 2.24) is 0 Å². The van der Waals surface area contributed by atoms with Gasteiger partial charge in [-0.3, -0.25) is 0 Å². The van der Waals surface area contributed by atoms with Crippen LogP contribution < -0.4 is 4.74 Å². The third kappa shape index (κ3) is 5.16. The predicted molar refractivity (Wildman–Crippen MR) is 83.4 cm³/mol. The van der Waals surface area contributed by atoms with Gasteiger partial charge in [0.1, 0.15) is 12.4 Å². The zero-order chi connectivity index (χ0) is 14.2. The first-order valence-electron chi connectivity index (χ1n) is 8.06. The molecule has 0 heterocycles. The van der Waals surface area contributed by atoms with Crippen LogP contribution in [-0.2, 0) is 4.74 Å². The van der Waals surface area contributed by atoms with Crippen molar-refractivity contribution in [1.29, 1.82) is 0 Å². The molecule has 2 heteroatoms. The largest absolute Gasteiger partial charge is 0.491 e. The summed E-state index contributed by atoms with van der Waals surface area (Å²) in [6.07, 6.45) is 6.88. The molecule has 20 heavy (non-hydrogen) atoms. The van der Waals surface area contributed by atoms with Crippen LogP contribution in [0.5, 0.6) is 5.75 Å². The first-order valence-corrected chi connectivity index (χ1v) is 8.06. The summed E-state index contributed by atoms with van der Waals surface area (Å²) in [5.41, 5.74) is 1.48. The Labute approximate surface area is 123 Å². The molecule has 1 saturated carbocycles. The van der Waals surface area contributed by atoms with E-state index in [4.69, 9.17) is 9.47 Å². The molecule has 1 aromatic rings. The molecule has 1 aromatic carbocycles. The second kappa shape index (κ2) is 8.31. The zero-order valence-corrected chi connectivity index (χ0v) is 12.9. The van der Waals surface area contributed by atoms with Gasteiger partial charge in [0.2, 0.25) is 0 Å². The van der Waals surface area contributed by atoms with Gasteiger partial charge in [0.05, 0.1) is 6.61 Å². The van der Waals surface area contributed by atoms with Crippen LogP contribution in [0.25, 0.3) is 0 Å². The van der Waals surface area contributed by atoms with E-state index in [0.29, 0.717) is 19.1 Å². The summed E-state index contributed by atoms with van der Waals surface area (Å²) in [6.45, 7) is 6.43. The molecule has 0 amide bonds. The van der Waals surface area contributed by atoms with Crippen LogP contribution in [0.4, 0.5) is 0 Å². The molecule has 112 valence electrons. The van der Waals surface area contributed by atoms with Gasteiger partial charge in [-0.1, -0.05) is 45.2 Å². The molecular formula is C18H28O2. The van der Waals surface area contributed by atoms with Crippen LogP contribution in [0, 0.1) is 5.92 Å². The molecule has 0 radical (unpaired) electrons. The van der Waals surface area contributed by atoms with E-state index in [0.717, 1.165) is 18.3 Å². The molecule has 0 saturated heterocycles. The standard InChI is InChI=1S/C18H28O2/c1-15(2)14-19-12-13-20-18-10-8-17(9-11-18)16-6-4-3-5-7-16/h8-11,15-16H,3-7,12-14H2,1-2H3. The van der Waals surface area contributed by atoms with Gasteiger partial charge in [0.15, 0.2) is 0 Å². The van der Waals surface area contributed by atoms with Gasteiger partial charge < -0.3 is 9.47 Å². The SMILES string of the molecule is CC(C)COCCOc1ccc(C2CCCCC2)cc1. The molecule has 1 fully saturated rings. The third-order valence-corrected chi connectivity index (χ3v) is 3.90. The summed E-state index contributed by atoms with van der Waals surface area (Å²) >= 11 is 0. The van der Waals surface area contributed by atoms with Gasteiger partial charge in [-0.2, -0.15) is 0 Å². The molecule has 0 atom stereocenters. The monoisotopic (exact) mass is 276 g/mol. The van der Waals surface area contributed by atoms with Gasteiger partial charge >= 0.3 is 0 Å². The van der Waals surface area contributed by atoms with Crippen molar-refractivity contribution in [2.45, 2.75) is 51.9 Å². The lowest BCUT2D eigenvalue weighted by Gasteiger charge is -2.22. The number of hydrogen-bond donors (Lipinski definition) is 0. The van der Waals surface area contributed by atoms with Crippen molar-refractivity contribution in [3.63, 3.8) is 0 Å². The van der Waals surface area contributed by atoms with E-state index in [1.807, 2.05) is 0 Å². The smallest absolute Gasteiger partial charge is 0.119 e. The van der Waals surface area contributed by atoms with E-state index in [9.17, 15) is 0 Å².